The lowest BCUT2D eigenvalue weighted by Crippen LogP contribution is -2.27. The molecule has 1 aliphatic rings. The zero-order valence-electron chi connectivity index (χ0n) is 30.7. The van der Waals surface area contributed by atoms with Crippen LogP contribution in [0.15, 0.2) is 60.7 Å². The normalized spacial score (nSPS) is 12.9. The molecule has 254 valence electrons. The molecule has 4 nitrogen and oxygen atoms in total. The largest absolute Gasteiger partial charge is 0.372 e. The van der Waals surface area contributed by atoms with Crippen LogP contribution in [-0.4, -0.2) is 55.3 Å². The van der Waals surface area contributed by atoms with E-state index in [2.05, 4.69) is 121 Å². The van der Waals surface area contributed by atoms with Crippen molar-refractivity contribution in [2.45, 2.75) is 131 Å². The average molecular weight is 629 g/mol. The van der Waals surface area contributed by atoms with E-state index in [4.69, 9.17) is 0 Å². The van der Waals surface area contributed by atoms with E-state index < -0.39 is 0 Å². The summed E-state index contributed by atoms with van der Waals surface area (Å²) < 4.78 is 5.19. The van der Waals surface area contributed by atoms with Crippen LogP contribution >= 0.6 is 0 Å². The Morgan fingerprint density at radius 3 is 1.13 bits per heavy atom. The number of hydrogen-bond acceptors (Lipinski definition) is 2. The van der Waals surface area contributed by atoms with Crippen LogP contribution in [-0.2, 0) is 0 Å². The lowest BCUT2D eigenvalue weighted by molar-refractivity contribution is -0.529. The molecule has 0 aliphatic heterocycles. The number of benzene rings is 2. The number of rotatable bonds is 22. The Labute approximate surface area is 283 Å². The average Bonchev–Trinajstić information content (AvgIpc) is 3.10. The second-order valence-electron chi connectivity index (χ2n) is 13.3. The van der Waals surface area contributed by atoms with E-state index in [1.165, 1.54) is 124 Å². The standard InChI is InChI=1S/C42H68N4/c1-7-13-31-43(32-14-8-2)37-19-25-40(26-20-37)46(41-27-21-38(22-28-41)44(33-15-9-3)34-16-10-4)42-29-23-39(24-30-42)45(35-17-11-5)36-18-12-6/h19-23,25-29H,7-18,24,30-36H2,1-6H3/q+2. The molecular formula is C42H68N4+2. The lowest BCUT2D eigenvalue weighted by atomic mass is 10.0. The molecule has 4 heteroatoms. The quantitative estimate of drug-likeness (QED) is 0.120. The summed E-state index contributed by atoms with van der Waals surface area (Å²) in [6.07, 6.45) is 21.9. The Morgan fingerprint density at radius 1 is 0.457 bits per heavy atom. The molecule has 0 heterocycles. The number of anilines is 2. The molecule has 0 saturated heterocycles. The van der Waals surface area contributed by atoms with Gasteiger partial charge in [0.2, 0.25) is 11.4 Å². The molecule has 0 fully saturated rings. The van der Waals surface area contributed by atoms with Gasteiger partial charge in [-0.1, -0.05) is 80.1 Å². The van der Waals surface area contributed by atoms with Gasteiger partial charge in [0, 0.05) is 99.7 Å². The Kier molecular flexibility index (Phi) is 17.8. The summed E-state index contributed by atoms with van der Waals surface area (Å²) in [6.45, 7) is 20.7. The van der Waals surface area contributed by atoms with Crippen LogP contribution in [0.3, 0.4) is 0 Å². The molecule has 0 aromatic heterocycles. The summed E-state index contributed by atoms with van der Waals surface area (Å²) in [5.41, 5.74) is 8.12. The van der Waals surface area contributed by atoms with E-state index in [-0.39, 0.29) is 0 Å². The van der Waals surface area contributed by atoms with E-state index in [0.717, 1.165) is 39.0 Å². The van der Waals surface area contributed by atoms with Crippen molar-refractivity contribution in [3.8, 4) is 0 Å². The molecule has 0 atom stereocenters. The van der Waals surface area contributed by atoms with Crippen molar-refractivity contribution in [2.24, 2.45) is 0 Å². The van der Waals surface area contributed by atoms with E-state index in [9.17, 15) is 0 Å². The molecule has 46 heavy (non-hydrogen) atoms. The lowest BCUT2D eigenvalue weighted by Gasteiger charge is -2.25. The molecule has 2 aromatic carbocycles. The maximum Gasteiger partial charge on any atom is 0.211 e. The summed E-state index contributed by atoms with van der Waals surface area (Å²) in [4.78, 5) is 5.18. The minimum absolute atomic E-state index is 1.06. The predicted octanol–water partition coefficient (Wildman–Crippen LogP) is 11.2. The SMILES string of the molecule is CCCCN(CCCC)c1ccc([N+](=C2C=CC(=[N+](CCCC)CCCC)CC2)c2ccc(N(CCCC)CCCC)cc2)cc1. The van der Waals surface area contributed by atoms with Gasteiger partial charge in [-0.15, -0.1) is 0 Å². The number of nitrogens with zero attached hydrogens (tertiary/aromatic N) is 4. The van der Waals surface area contributed by atoms with Crippen molar-refractivity contribution in [1.82, 2.24) is 4.58 Å². The van der Waals surface area contributed by atoms with Crippen LogP contribution in [0.25, 0.3) is 0 Å². The van der Waals surface area contributed by atoms with Gasteiger partial charge in [0.1, 0.15) is 13.1 Å². The Hall–Kier alpha value is -2.88. The van der Waals surface area contributed by atoms with E-state index in [1.807, 2.05) is 0 Å². The third kappa shape index (κ3) is 11.7. The van der Waals surface area contributed by atoms with E-state index in [1.54, 1.807) is 0 Å². The Bertz CT molecular complexity index is 1110. The van der Waals surface area contributed by atoms with Gasteiger partial charge in [-0.3, -0.25) is 0 Å². The van der Waals surface area contributed by atoms with Gasteiger partial charge in [-0.05, 0) is 49.9 Å². The molecule has 3 rings (SSSR count). The van der Waals surface area contributed by atoms with Gasteiger partial charge >= 0.3 is 0 Å². The second-order valence-corrected chi connectivity index (χ2v) is 13.3. The van der Waals surface area contributed by atoms with Crippen molar-refractivity contribution in [2.75, 3.05) is 49.1 Å². The van der Waals surface area contributed by atoms with Crippen molar-refractivity contribution < 1.29 is 4.58 Å². The molecule has 0 spiro atoms. The fraction of sp³-hybridized carbons (Fsp3) is 0.619. The van der Waals surface area contributed by atoms with E-state index in [0.29, 0.717) is 0 Å². The molecule has 0 unspecified atom stereocenters. The summed E-state index contributed by atoms with van der Waals surface area (Å²) in [6, 6.07) is 18.9. The fourth-order valence-electron chi connectivity index (χ4n) is 6.40. The Balaban J connectivity index is 2.03. The van der Waals surface area contributed by atoms with Crippen LogP contribution in [0.2, 0.25) is 0 Å². The topological polar surface area (TPSA) is 12.5 Å². The minimum Gasteiger partial charge on any atom is -0.372 e. The molecular weight excluding hydrogens is 560 g/mol. The molecule has 0 bridgehead atoms. The summed E-state index contributed by atoms with van der Waals surface area (Å²) >= 11 is 0. The zero-order valence-corrected chi connectivity index (χ0v) is 30.7. The van der Waals surface area contributed by atoms with Crippen LogP contribution in [0, 0.1) is 0 Å². The van der Waals surface area contributed by atoms with Gasteiger partial charge in [0.05, 0.1) is 0 Å². The molecule has 2 aromatic rings. The van der Waals surface area contributed by atoms with Crippen molar-refractivity contribution in [1.29, 1.82) is 0 Å². The molecule has 1 aliphatic carbocycles. The fourth-order valence-corrected chi connectivity index (χ4v) is 6.40. The van der Waals surface area contributed by atoms with Gasteiger partial charge in [-0.25, -0.2) is 4.58 Å². The molecule has 0 N–H and O–H groups in total. The first-order valence-electron chi connectivity index (χ1n) is 19.2. The minimum atomic E-state index is 1.06. The highest BCUT2D eigenvalue weighted by molar-refractivity contribution is 6.09. The number of unbranched alkanes of at least 4 members (excludes halogenated alkanes) is 6. The zero-order chi connectivity index (χ0) is 33.0. The highest BCUT2D eigenvalue weighted by Gasteiger charge is 2.25. The highest BCUT2D eigenvalue weighted by Crippen LogP contribution is 2.29. The monoisotopic (exact) mass is 629 g/mol. The van der Waals surface area contributed by atoms with Crippen molar-refractivity contribution in [3.05, 3.63) is 60.7 Å². The van der Waals surface area contributed by atoms with Gasteiger partial charge in [0.25, 0.3) is 0 Å². The smallest absolute Gasteiger partial charge is 0.211 e. The first-order chi connectivity index (χ1) is 22.6. The van der Waals surface area contributed by atoms with Gasteiger partial charge < -0.3 is 9.80 Å². The number of hydrogen-bond donors (Lipinski definition) is 0. The van der Waals surface area contributed by atoms with E-state index >= 15 is 0 Å². The third-order valence-electron chi connectivity index (χ3n) is 9.43. The molecule has 0 radical (unpaired) electrons. The van der Waals surface area contributed by atoms with Crippen molar-refractivity contribution in [3.63, 3.8) is 0 Å². The van der Waals surface area contributed by atoms with Crippen LogP contribution < -0.4 is 14.4 Å². The summed E-state index contributed by atoms with van der Waals surface area (Å²) in [5, 5.41) is 0. The highest BCUT2D eigenvalue weighted by atomic mass is 15.1. The summed E-state index contributed by atoms with van der Waals surface area (Å²) in [7, 11) is 0. The maximum absolute atomic E-state index is 2.66. The second kappa shape index (κ2) is 21.8. The molecule has 0 amide bonds. The van der Waals surface area contributed by atoms with Crippen LogP contribution in [0.5, 0.6) is 0 Å². The predicted molar refractivity (Wildman–Crippen MR) is 207 cm³/mol. The first kappa shape index (κ1) is 37.6. The van der Waals surface area contributed by atoms with Gasteiger partial charge in [0.15, 0.2) is 11.4 Å². The van der Waals surface area contributed by atoms with Crippen LogP contribution in [0.4, 0.5) is 22.7 Å². The first-order valence-corrected chi connectivity index (χ1v) is 19.2. The van der Waals surface area contributed by atoms with Crippen molar-refractivity contribution >= 4 is 34.2 Å². The number of allylic oxidation sites excluding steroid dienone is 2. The van der Waals surface area contributed by atoms with Crippen LogP contribution in [0.1, 0.15) is 131 Å². The summed E-state index contributed by atoms with van der Waals surface area (Å²) in [5.74, 6) is 0. The molecule has 0 saturated carbocycles. The Morgan fingerprint density at radius 2 is 0.804 bits per heavy atom. The van der Waals surface area contributed by atoms with Gasteiger partial charge in [-0.2, -0.15) is 4.58 Å². The third-order valence-corrected chi connectivity index (χ3v) is 9.43. The maximum atomic E-state index is 2.66.